The molecule has 0 aliphatic carbocycles. The average molecular weight is 321 g/mol. The molecule has 5 nitrogen and oxygen atoms in total. The number of hydrogen-bond acceptors (Lipinski definition) is 4. The Hall–Kier alpha value is -0.830. The summed E-state index contributed by atoms with van der Waals surface area (Å²) in [6, 6.07) is 1.70. The molecule has 0 radical (unpaired) electrons. The van der Waals surface area contributed by atoms with Gasteiger partial charge in [-0.05, 0) is 6.07 Å². The highest BCUT2D eigenvalue weighted by Crippen LogP contribution is 2.24. The van der Waals surface area contributed by atoms with Gasteiger partial charge in [-0.25, -0.2) is 14.8 Å². The molecule has 72 valence electrons. The van der Waals surface area contributed by atoms with Gasteiger partial charge in [0.1, 0.15) is 6.33 Å². The minimum Gasteiger partial charge on any atom is -0.476 e. The normalized spacial score (nSPS) is 10.6. The lowest BCUT2D eigenvalue weighted by molar-refractivity contribution is 0.0692. The summed E-state index contributed by atoms with van der Waals surface area (Å²) in [5, 5.41) is 9.42. The number of rotatable bonds is 2. The van der Waals surface area contributed by atoms with Crippen LogP contribution in [-0.2, 0) is 0 Å². The number of aromatic carboxylic acids is 1. The van der Waals surface area contributed by atoms with Crippen molar-refractivity contribution in [1.29, 1.82) is 0 Å². The topological polar surface area (TPSA) is 68.0 Å². The van der Waals surface area contributed by atoms with Crippen LogP contribution >= 0.6 is 30.3 Å². The first-order valence-corrected chi connectivity index (χ1v) is 6.90. The Morgan fingerprint density at radius 2 is 2.36 bits per heavy atom. The van der Waals surface area contributed by atoms with Gasteiger partial charge in [0.05, 0.1) is 5.39 Å². The van der Waals surface area contributed by atoms with Crippen LogP contribution < -0.4 is 0 Å². The minimum absolute atomic E-state index is 0.0409. The van der Waals surface area contributed by atoms with Crippen molar-refractivity contribution in [2.45, 2.75) is 0 Å². The Morgan fingerprint density at radius 1 is 1.57 bits per heavy atom. The van der Waals surface area contributed by atoms with Crippen LogP contribution in [0.3, 0.4) is 0 Å². The quantitative estimate of drug-likeness (QED) is 0.857. The lowest BCUT2D eigenvalue weighted by Crippen LogP contribution is -2.01. The van der Waals surface area contributed by atoms with E-state index in [1.165, 1.54) is 15.4 Å². The van der Waals surface area contributed by atoms with E-state index < -0.39 is 5.97 Å². The molecule has 7 heteroatoms. The number of halogens is 1. The van der Waals surface area contributed by atoms with Crippen LogP contribution in [0.4, 0.5) is 0 Å². The van der Waals surface area contributed by atoms with E-state index in [-0.39, 0.29) is 5.69 Å². The number of nitrogens with zero attached hydrogens (tertiary/aromatic N) is 3. The zero-order valence-corrected chi connectivity index (χ0v) is 9.69. The smallest absolute Gasteiger partial charge is 0.355 e. The Morgan fingerprint density at radius 3 is 3.00 bits per heavy atom. The standard InChI is InChI=1S/C7H4IN3O2S/c8-14-11-2-1-4-5(7(12)13)9-3-10-6(4)11/h1-3H,(H,12,13). The Balaban J connectivity index is 2.76. The van der Waals surface area contributed by atoms with E-state index in [0.717, 1.165) is 0 Å². The lowest BCUT2D eigenvalue weighted by Gasteiger charge is -1.97. The van der Waals surface area contributed by atoms with Crippen LogP contribution in [-0.4, -0.2) is 25.0 Å². The summed E-state index contributed by atoms with van der Waals surface area (Å²) in [6.07, 6.45) is 3.03. The van der Waals surface area contributed by atoms with Crippen molar-refractivity contribution in [3.8, 4) is 0 Å². The van der Waals surface area contributed by atoms with Crippen LogP contribution in [0.25, 0.3) is 11.0 Å². The van der Waals surface area contributed by atoms with Crippen molar-refractivity contribution >= 4 is 47.3 Å². The highest BCUT2D eigenvalue weighted by molar-refractivity contribution is 14.2. The van der Waals surface area contributed by atoms with E-state index in [0.29, 0.717) is 11.0 Å². The van der Waals surface area contributed by atoms with Gasteiger partial charge < -0.3 is 5.11 Å². The molecule has 0 aromatic carbocycles. The monoisotopic (exact) mass is 321 g/mol. The third kappa shape index (κ3) is 1.46. The van der Waals surface area contributed by atoms with Crippen molar-refractivity contribution in [2.24, 2.45) is 0 Å². The first-order valence-electron chi connectivity index (χ1n) is 3.58. The van der Waals surface area contributed by atoms with E-state index in [1.807, 2.05) is 0 Å². The number of fused-ring (bicyclic) bond motifs is 1. The Labute approximate surface area is 95.3 Å². The van der Waals surface area contributed by atoms with Gasteiger partial charge in [0.25, 0.3) is 0 Å². The second kappa shape index (κ2) is 3.73. The number of aromatic nitrogens is 3. The molecule has 0 atom stereocenters. The fraction of sp³-hybridized carbons (Fsp3) is 0. The SMILES string of the molecule is O=C(O)c1ncnc2c1ccn2SI. The third-order valence-corrected chi connectivity index (χ3v) is 3.44. The van der Waals surface area contributed by atoms with Crippen molar-refractivity contribution < 1.29 is 9.90 Å². The first kappa shape index (κ1) is 9.71. The van der Waals surface area contributed by atoms with Gasteiger partial charge >= 0.3 is 5.97 Å². The zero-order chi connectivity index (χ0) is 10.1. The fourth-order valence-electron chi connectivity index (χ4n) is 1.15. The van der Waals surface area contributed by atoms with Crippen LogP contribution in [0, 0.1) is 0 Å². The molecule has 0 fully saturated rings. The fourth-order valence-corrected chi connectivity index (χ4v) is 2.43. The van der Waals surface area contributed by atoms with E-state index in [4.69, 9.17) is 5.11 Å². The maximum Gasteiger partial charge on any atom is 0.355 e. The molecule has 1 N–H and O–H groups in total. The minimum atomic E-state index is -1.03. The van der Waals surface area contributed by atoms with Crippen molar-refractivity contribution in [3.05, 3.63) is 24.3 Å². The van der Waals surface area contributed by atoms with Crippen LogP contribution in [0.1, 0.15) is 10.5 Å². The molecule has 0 saturated heterocycles. The van der Waals surface area contributed by atoms with Crippen LogP contribution in [0.2, 0.25) is 0 Å². The highest BCUT2D eigenvalue weighted by Gasteiger charge is 2.13. The largest absolute Gasteiger partial charge is 0.476 e. The average Bonchev–Trinajstić information content (AvgIpc) is 2.59. The molecule has 0 aliphatic heterocycles. The molecular weight excluding hydrogens is 317 g/mol. The number of carboxylic acid groups (broad SMARTS) is 1. The van der Waals surface area contributed by atoms with Gasteiger partial charge in [0.2, 0.25) is 0 Å². The molecule has 0 spiro atoms. The molecular formula is C7H4IN3O2S. The van der Waals surface area contributed by atoms with E-state index >= 15 is 0 Å². The maximum absolute atomic E-state index is 10.8. The summed E-state index contributed by atoms with van der Waals surface area (Å²) >= 11 is 2.10. The summed E-state index contributed by atoms with van der Waals surface area (Å²) in [5.74, 6) is -1.03. The van der Waals surface area contributed by atoms with E-state index in [9.17, 15) is 4.79 Å². The highest BCUT2D eigenvalue weighted by atomic mass is 127. The van der Waals surface area contributed by atoms with Crippen molar-refractivity contribution in [3.63, 3.8) is 0 Å². The second-order valence-corrected chi connectivity index (χ2v) is 4.19. The summed E-state index contributed by atoms with van der Waals surface area (Å²) in [6.45, 7) is 0. The van der Waals surface area contributed by atoms with E-state index in [1.54, 1.807) is 16.2 Å². The predicted octanol–water partition coefficient (Wildman–Crippen LogP) is 1.98. The van der Waals surface area contributed by atoms with Gasteiger partial charge in [0.15, 0.2) is 11.3 Å². The number of hydrogen-bond donors (Lipinski definition) is 1. The molecule has 2 aromatic heterocycles. The molecule has 2 heterocycles. The van der Waals surface area contributed by atoms with Gasteiger partial charge in [-0.3, -0.25) is 3.97 Å². The van der Waals surface area contributed by atoms with Gasteiger partial charge in [-0.15, -0.1) is 0 Å². The summed E-state index contributed by atoms with van der Waals surface area (Å²) in [5.41, 5.74) is 0.663. The summed E-state index contributed by atoms with van der Waals surface area (Å²) in [7, 11) is 1.43. The van der Waals surface area contributed by atoms with Gasteiger partial charge in [0, 0.05) is 36.5 Å². The van der Waals surface area contributed by atoms with Crippen LogP contribution in [0.15, 0.2) is 18.6 Å². The summed E-state index contributed by atoms with van der Waals surface area (Å²) in [4.78, 5) is 18.5. The summed E-state index contributed by atoms with van der Waals surface area (Å²) < 4.78 is 1.78. The molecule has 0 unspecified atom stereocenters. The predicted molar refractivity (Wildman–Crippen MR) is 61.5 cm³/mol. The van der Waals surface area contributed by atoms with E-state index in [2.05, 4.69) is 31.2 Å². The molecule has 14 heavy (non-hydrogen) atoms. The molecule has 0 bridgehead atoms. The molecule has 0 aliphatic rings. The van der Waals surface area contributed by atoms with Gasteiger partial charge in [-0.1, -0.05) is 0 Å². The number of carbonyl (C=O) groups is 1. The third-order valence-electron chi connectivity index (χ3n) is 1.73. The van der Waals surface area contributed by atoms with Crippen LogP contribution in [0.5, 0.6) is 0 Å². The lowest BCUT2D eigenvalue weighted by atomic mass is 10.3. The first-order chi connectivity index (χ1) is 6.74. The number of carboxylic acids is 1. The van der Waals surface area contributed by atoms with Crippen molar-refractivity contribution in [1.82, 2.24) is 13.9 Å². The molecule has 0 saturated carbocycles. The van der Waals surface area contributed by atoms with Crippen molar-refractivity contribution in [2.75, 3.05) is 0 Å². The molecule has 2 aromatic rings. The maximum atomic E-state index is 10.8. The molecule has 0 amide bonds. The molecule has 2 rings (SSSR count). The zero-order valence-electron chi connectivity index (χ0n) is 6.72. The van der Waals surface area contributed by atoms with Gasteiger partial charge in [-0.2, -0.15) is 0 Å². The second-order valence-electron chi connectivity index (χ2n) is 2.48. The Bertz CT molecular complexity index is 499. The Kier molecular flexibility index (Phi) is 2.59.